The van der Waals surface area contributed by atoms with Crippen molar-refractivity contribution in [1.82, 2.24) is 10.1 Å². The number of pyridine rings is 1. The Labute approximate surface area is 175 Å². The van der Waals surface area contributed by atoms with Gasteiger partial charge in [0.1, 0.15) is 11.1 Å². The number of hydrogen-bond donors (Lipinski definition) is 1. The van der Waals surface area contributed by atoms with Crippen LogP contribution in [0.3, 0.4) is 0 Å². The largest absolute Gasteiger partial charge is 0.496 e. The van der Waals surface area contributed by atoms with Gasteiger partial charge in [0.15, 0.2) is 17.1 Å². The van der Waals surface area contributed by atoms with Crippen LogP contribution < -0.4 is 18.9 Å². The maximum Gasteiger partial charge on any atom is 0.263 e. The topological polar surface area (TPSA) is 95.7 Å². The number of hydrogen-bond acceptors (Lipinski definition) is 7. The number of nitrogens with zero attached hydrogens (tertiary/aromatic N) is 2. The lowest BCUT2D eigenvalue weighted by Gasteiger charge is -2.09. The van der Waals surface area contributed by atoms with Gasteiger partial charge >= 0.3 is 0 Å². The Bertz CT molecular complexity index is 1190. The molecule has 2 aromatic carbocycles. The minimum absolute atomic E-state index is 0.303. The van der Waals surface area contributed by atoms with E-state index in [0.717, 1.165) is 11.1 Å². The summed E-state index contributed by atoms with van der Waals surface area (Å²) in [7, 11) is 2.42. The van der Waals surface area contributed by atoms with E-state index in [0.29, 0.717) is 38.9 Å². The number of rotatable bonds is 7. The van der Waals surface area contributed by atoms with Gasteiger partial charge in [-0.1, -0.05) is 15.4 Å². The van der Waals surface area contributed by atoms with Crippen molar-refractivity contribution in [3.05, 3.63) is 54.9 Å². The molecule has 0 aliphatic carbocycles. The zero-order valence-electron chi connectivity index (χ0n) is 16.6. The van der Waals surface area contributed by atoms with Gasteiger partial charge in [-0.05, 0) is 47.5 Å². The third-order valence-corrected chi connectivity index (χ3v) is 5.85. The van der Waals surface area contributed by atoms with Gasteiger partial charge in [-0.2, -0.15) is 4.72 Å². The molecule has 1 N–H and O–H groups in total. The summed E-state index contributed by atoms with van der Waals surface area (Å²) in [4.78, 5) is 4.44. The summed E-state index contributed by atoms with van der Waals surface area (Å²) in [6.07, 6.45) is 3.43. The van der Waals surface area contributed by atoms with Crippen molar-refractivity contribution in [1.29, 1.82) is 0 Å². The fraction of sp³-hybridized carbons (Fsp3) is 0.143. The lowest BCUT2D eigenvalue weighted by atomic mass is 10.0. The first-order chi connectivity index (χ1) is 14.7. The van der Waals surface area contributed by atoms with Crippen LogP contribution in [0.15, 0.2) is 64.3 Å². The lowest BCUT2D eigenvalue weighted by Crippen LogP contribution is -2.08. The summed E-state index contributed by atoms with van der Waals surface area (Å²) in [6.45, 7) is 0. The van der Waals surface area contributed by atoms with Gasteiger partial charge in [0.2, 0.25) is 16.8 Å². The zero-order chi connectivity index (χ0) is 21.1. The van der Waals surface area contributed by atoms with Crippen molar-refractivity contribution in [2.75, 3.05) is 26.1 Å². The van der Waals surface area contributed by atoms with Crippen LogP contribution in [-0.4, -0.2) is 31.5 Å². The van der Waals surface area contributed by atoms with Gasteiger partial charge < -0.3 is 18.7 Å². The van der Waals surface area contributed by atoms with Crippen LogP contribution in [0, 0.1) is 0 Å². The van der Waals surface area contributed by atoms with E-state index in [1.807, 2.05) is 24.3 Å². The first-order valence-electron chi connectivity index (χ1n) is 8.99. The Kier molecular flexibility index (Phi) is 5.53. The second kappa shape index (κ2) is 8.42. The highest BCUT2D eigenvalue weighted by atomic mass is 32.2. The van der Waals surface area contributed by atoms with Crippen molar-refractivity contribution in [3.8, 4) is 28.4 Å². The van der Waals surface area contributed by atoms with E-state index in [-0.39, 0.29) is 0 Å². The molecule has 9 heteroatoms. The Balaban J connectivity index is 1.75. The molecule has 0 radical (unpaired) electrons. The number of ether oxygens (including phenoxy) is 3. The smallest absolute Gasteiger partial charge is 0.263 e. The summed E-state index contributed by atoms with van der Waals surface area (Å²) in [5.74, 6) is 1.74. The molecule has 0 amide bonds. The van der Waals surface area contributed by atoms with E-state index in [4.69, 9.17) is 18.7 Å². The number of anilines is 1. The first kappa shape index (κ1) is 19.7. The van der Waals surface area contributed by atoms with Crippen LogP contribution in [0.2, 0.25) is 0 Å². The van der Waals surface area contributed by atoms with Crippen molar-refractivity contribution in [2.24, 2.45) is 0 Å². The van der Waals surface area contributed by atoms with Gasteiger partial charge in [-0.3, -0.25) is 4.98 Å². The van der Waals surface area contributed by atoms with E-state index in [1.165, 1.54) is 14.2 Å². The predicted molar refractivity (Wildman–Crippen MR) is 115 cm³/mol. The summed E-state index contributed by atoms with van der Waals surface area (Å²) < 4.78 is 37.8. The van der Waals surface area contributed by atoms with E-state index in [2.05, 4.69) is 14.9 Å². The van der Waals surface area contributed by atoms with E-state index in [9.17, 15) is 4.21 Å². The van der Waals surface area contributed by atoms with E-state index in [1.54, 1.807) is 37.7 Å². The quantitative estimate of drug-likeness (QED) is 0.352. The summed E-state index contributed by atoms with van der Waals surface area (Å²) in [5, 5.41) is 4.66. The summed E-state index contributed by atoms with van der Waals surface area (Å²) in [5.41, 5.74) is 2.35. The SMILES string of the molecule is COc1cccc(OC)c1[SH+](=O)Nc1noc2cc(-c3ccncc3)cc(OC)c12. The van der Waals surface area contributed by atoms with Gasteiger partial charge in [-0.25, -0.2) is 0 Å². The number of nitrogens with one attached hydrogen (secondary N) is 1. The van der Waals surface area contributed by atoms with Crippen LogP contribution in [0.5, 0.6) is 17.2 Å². The second-order valence-electron chi connectivity index (χ2n) is 6.24. The molecule has 2 aromatic heterocycles. The maximum absolute atomic E-state index is 13.2. The van der Waals surface area contributed by atoms with Crippen LogP contribution in [0.4, 0.5) is 5.82 Å². The Morgan fingerprint density at radius 3 is 2.20 bits per heavy atom. The molecule has 0 saturated carbocycles. The van der Waals surface area contributed by atoms with E-state index >= 15 is 0 Å². The van der Waals surface area contributed by atoms with E-state index < -0.39 is 11.0 Å². The van der Waals surface area contributed by atoms with Crippen molar-refractivity contribution < 1.29 is 22.9 Å². The Morgan fingerprint density at radius 2 is 1.57 bits per heavy atom. The van der Waals surface area contributed by atoms with Crippen LogP contribution in [0.1, 0.15) is 0 Å². The molecule has 30 heavy (non-hydrogen) atoms. The molecular weight excluding hydrogens is 406 g/mol. The minimum atomic E-state index is -2.16. The molecule has 0 aliphatic heterocycles. The molecule has 154 valence electrons. The molecule has 2 heterocycles. The summed E-state index contributed by atoms with van der Waals surface area (Å²) in [6, 6.07) is 12.7. The molecular formula is C21H20N3O5S+. The number of aromatic nitrogens is 2. The van der Waals surface area contributed by atoms with Gasteiger partial charge in [0, 0.05) is 12.4 Å². The van der Waals surface area contributed by atoms with Crippen LogP contribution in [0.25, 0.3) is 22.1 Å². The van der Waals surface area contributed by atoms with Gasteiger partial charge in [0.25, 0.3) is 4.90 Å². The van der Waals surface area contributed by atoms with Crippen molar-refractivity contribution in [2.45, 2.75) is 4.90 Å². The highest BCUT2D eigenvalue weighted by Crippen LogP contribution is 2.38. The Morgan fingerprint density at radius 1 is 0.900 bits per heavy atom. The normalized spacial score (nSPS) is 11.8. The van der Waals surface area contributed by atoms with Crippen molar-refractivity contribution >= 4 is 27.8 Å². The zero-order valence-corrected chi connectivity index (χ0v) is 17.5. The highest BCUT2D eigenvalue weighted by molar-refractivity contribution is 7.86. The van der Waals surface area contributed by atoms with Crippen LogP contribution in [-0.2, 0) is 15.2 Å². The molecule has 0 bridgehead atoms. The second-order valence-corrected chi connectivity index (χ2v) is 7.50. The standard InChI is InChI=1S/C21H19N3O5S/c1-26-15-5-4-6-16(27-2)20(15)30(25)24-21-19-17(28-3)11-14(12-18(19)29-23-21)13-7-9-22-10-8-13/h4-12H,1-3H3,(H,23,24,25)/p+1. The molecule has 0 aliphatic rings. The van der Waals surface area contributed by atoms with Crippen LogP contribution >= 0.6 is 0 Å². The molecule has 4 aromatic rings. The van der Waals surface area contributed by atoms with Crippen molar-refractivity contribution in [3.63, 3.8) is 0 Å². The van der Waals surface area contributed by atoms with Gasteiger partial charge in [-0.15, -0.1) is 0 Å². The average Bonchev–Trinajstić information content (AvgIpc) is 3.20. The number of benzene rings is 2. The average molecular weight is 426 g/mol. The molecule has 1 unspecified atom stereocenters. The first-order valence-corrected chi connectivity index (χ1v) is 10.2. The fourth-order valence-electron chi connectivity index (χ4n) is 3.17. The molecule has 0 fully saturated rings. The third-order valence-electron chi connectivity index (χ3n) is 4.58. The molecule has 8 nitrogen and oxygen atoms in total. The third kappa shape index (κ3) is 3.55. The molecule has 1 atom stereocenters. The highest BCUT2D eigenvalue weighted by Gasteiger charge is 2.26. The monoisotopic (exact) mass is 426 g/mol. The number of fused-ring (bicyclic) bond motifs is 1. The molecule has 4 rings (SSSR count). The summed E-state index contributed by atoms with van der Waals surface area (Å²) >= 11 is 0. The minimum Gasteiger partial charge on any atom is -0.496 e. The maximum atomic E-state index is 13.2. The number of thiol groups is 1. The predicted octanol–water partition coefficient (Wildman–Crippen LogP) is 4.00. The lowest BCUT2D eigenvalue weighted by molar-refractivity contribution is 0.375. The van der Waals surface area contributed by atoms with Gasteiger partial charge in [0.05, 0.1) is 21.3 Å². The molecule has 0 saturated heterocycles. The fourth-order valence-corrected chi connectivity index (χ4v) is 4.36. The molecule has 0 spiro atoms. The number of methoxy groups -OCH3 is 3. The Hall–Kier alpha value is -3.59.